The van der Waals surface area contributed by atoms with E-state index in [-0.39, 0.29) is 11.9 Å². The van der Waals surface area contributed by atoms with Crippen LogP contribution in [0.1, 0.15) is 18.1 Å². The molecule has 1 saturated heterocycles. The van der Waals surface area contributed by atoms with Gasteiger partial charge in [0.2, 0.25) is 5.91 Å². The van der Waals surface area contributed by atoms with E-state index in [0.717, 1.165) is 24.4 Å². The Labute approximate surface area is 167 Å². The summed E-state index contributed by atoms with van der Waals surface area (Å²) in [6, 6.07) is 10.2. The summed E-state index contributed by atoms with van der Waals surface area (Å²) in [5.74, 6) is 0.626. The molecule has 2 aliphatic rings. The van der Waals surface area contributed by atoms with Crippen LogP contribution in [-0.2, 0) is 17.4 Å². The average molecular weight is 404 g/mol. The molecular weight excluding hydrogens is 381 g/mol. The Kier molecular flexibility index (Phi) is 5.21. The topological polar surface area (TPSA) is 39.7 Å². The van der Waals surface area contributed by atoms with Crippen molar-refractivity contribution in [3.8, 4) is 0 Å². The van der Waals surface area contributed by atoms with Crippen LogP contribution >= 0.6 is 0 Å². The van der Waals surface area contributed by atoms with E-state index in [1.807, 2.05) is 34.9 Å². The van der Waals surface area contributed by atoms with Gasteiger partial charge in [0.25, 0.3) is 0 Å². The summed E-state index contributed by atoms with van der Waals surface area (Å²) >= 11 is 0. The summed E-state index contributed by atoms with van der Waals surface area (Å²) in [4.78, 5) is 23.0. The lowest BCUT2D eigenvalue weighted by molar-refractivity contribution is -0.137. The minimum Gasteiger partial charge on any atom is -0.354 e. The maximum absolute atomic E-state index is 13.0. The third-order valence-electron chi connectivity index (χ3n) is 5.77. The van der Waals surface area contributed by atoms with Crippen molar-refractivity contribution in [2.45, 2.75) is 25.6 Å². The third-order valence-corrected chi connectivity index (χ3v) is 5.77. The second kappa shape index (κ2) is 7.67. The zero-order valence-electron chi connectivity index (χ0n) is 16.2. The molecule has 4 rings (SSSR count). The lowest BCUT2D eigenvalue weighted by atomic mass is 10.1. The summed E-state index contributed by atoms with van der Waals surface area (Å²) < 4.78 is 38.1. The normalized spacial score (nSPS) is 18.6. The molecule has 0 radical (unpaired) electrons. The number of fused-ring (bicyclic) bond motifs is 1. The number of pyridine rings is 1. The molecule has 3 heterocycles. The Morgan fingerprint density at radius 3 is 2.41 bits per heavy atom. The van der Waals surface area contributed by atoms with Crippen molar-refractivity contribution >= 4 is 17.4 Å². The summed E-state index contributed by atoms with van der Waals surface area (Å²) in [7, 11) is 0. The van der Waals surface area contributed by atoms with Crippen LogP contribution in [0.2, 0.25) is 0 Å². The van der Waals surface area contributed by atoms with Crippen molar-refractivity contribution in [2.75, 3.05) is 42.5 Å². The van der Waals surface area contributed by atoms with Gasteiger partial charge in [-0.3, -0.25) is 9.69 Å². The van der Waals surface area contributed by atoms with Crippen LogP contribution in [0, 0.1) is 0 Å². The number of hydrogen-bond donors (Lipinski definition) is 0. The van der Waals surface area contributed by atoms with Gasteiger partial charge in [-0.2, -0.15) is 13.2 Å². The first-order valence-corrected chi connectivity index (χ1v) is 9.76. The van der Waals surface area contributed by atoms with E-state index in [9.17, 15) is 18.0 Å². The predicted octanol–water partition coefficient (Wildman–Crippen LogP) is 3.20. The molecule has 0 bridgehead atoms. The van der Waals surface area contributed by atoms with Crippen LogP contribution in [-0.4, -0.2) is 54.6 Å². The second-order valence-electron chi connectivity index (χ2n) is 7.47. The summed E-state index contributed by atoms with van der Waals surface area (Å²) in [5, 5.41) is 0. The number of halogens is 3. The number of carbonyl (C=O) groups is 1. The van der Waals surface area contributed by atoms with Gasteiger partial charge in [-0.25, -0.2) is 4.98 Å². The van der Waals surface area contributed by atoms with Gasteiger partial charge in [0.15, 0.2) is 0 Å². The Morgan fingerprint density at radius 1 is 1.03 bits per heavy atom. The van der Waals surface area contributed by atoms with Crippen molar-refractivity contribution in [3.63, 3.8) is 0 Å². The van der Waals surface area contributed by atoms with E-state index >= 15 is 0 Å². The molecule has 29 heavy (non-hydrogen) atoms. The molecule has 1 aromatic carbocycles. The molecule has 0 spiro atoms. The van der Waals surface area contributed by atoms with Crippen molar-refractivity contribution < 1.29 is 18.0 Å². The molecule has 5 nitrogen and oxygen atoms in total. The standard InChI is InChI=1S/C21H23F3N4O/c1-15(20(29)28-9-8-16-4-2-3-5-18(16)28)26-10-12-27(13-11-26)19-7-6-17(14-25-19)21(22,23)24/h2-7,14-15H,8-13H2,1H3/t15-/m1/s1. The molecule has 2 aliphatic heterocycles. The number of aromatic nitrogens is 1. The van der Waals surface area contributed by atoms with E-state index in [0.29, 0.717) is 38.5 Å². The number of para-hydroxylation sites is 1. The van der Waals surface area contributed by atoms with Gasteiger partial charge < -0.3 is 9.80 Å². The van der Waals surface area contributed by atoms with Crippen LogP contribution in [0.4, 0.5) is 24.7 Å². The largest absolute Gasteiger partial charge is 0.417 e. The van der Waals surface area contributed by atoms with Gasteiger partial charge in [-0.1, -0.05) is 18.2 Å². The van der Waals surface area contributed by atoms with Crippen LogP contribution in [0.5, 0.6) is 0 Å². The predicted molar refractivity (Wildman–Crippen MR) is 105 cm³/mol. The van der Waals surface area contributed by atoms with Crippen molar-refractivity contribution in [3.05, 3.63) is 53.7 Å². The number of alkyl halides is 3. The highest BCUT2D eigenvalue weighted by Crippen LogP contribution is 2.30. The van der Waals surface area contributed by atoms with Gasteiger partial charge >= 0.3 is 6.18 Å². The first kappa shape index (κ1) is 19.7. The maximum atomic E-state index is 13.0. The Balaban J connectivity index is 1.36. The molecular formula is C21H23F3N4O. The zero-order valence-corrected chi connectivity index (χ0v) is 16.2. The smallest absolute Gasteiger partial charge is 0.354 e. The average Bonchev–Trinajstić information content (AvgIpc) is 3.16. The van der Waals surface area contributed by atoms with Gasteiger partial charge in [0.05, 0.1) is 11.6 Å². The summed E-state index contributed by atoms with van der Waals surface area (Å²) in [6.07, 6.45) is -2.63. The highest BCUT2D eigenvalue weighted by atomic mass is 19.4. The highest BCUT2D eigenvalue weighted by molar-refractivity contribution is 5.98. The van der Waals surface area contributed by atoms with Crippen LogP contribution in [0.25, 0.3) is 0 Å². The monoisotopic (exact) mass is 404 g/mol. The van der Waals surface area contributed by atoms with Crippen LogP contribution in [0.15, 0.2) is 42.6 Å². The number of anilines is 2. The number of amides is 1. The van der Waals surface area contributed by atoms with Crippen LogP contribution in [0.3, 0.4) is 0 Å². The fraction of sp³-hybridized carbons (Fsp3) is 0.429. The fourth-order valence-corrected chi connectivity index (χ4v) is 4.03. The Hall–Kier alpha value is -2.61. The van der Waals surface area contributed by atoms with Crippen LogP contribution < -0.4 is 9.80 Å². The zero-order chi connectivity index (χ0) is 20.6. The number of benzene rings is 1. The molecule has 0 unspecified atom stereocenters. The summed E-state index contributed by atoms with van der Waals surface area (Å²) in [6.45, 7) is 5.18. The van der Waals surface area contributed by atoms with E-state index in [2.05, 4.69) is 16.0 Å². The van der Waals surface area contributed by atoms with E-state index in [1.54, 1.807) is 0 Å². The minimum absolute atomic E-state index is 0.0936. The highest BCUT2D eigenvalue weighted by Gasteiger charge is 2.33. The SMILES string of the molecule is C[C@H](C(=O)N1CCc2ccccc21)N1CCN(c2ccc(C(F)(F)F)cn2)CC1. The third kappa shape index (κ3) is 3.94. The first-order valence-electron chi connectivity index (χ1n) is 9.76. The molecule has 0 N–H and O–H groups in total. The minimum atomic E-state index is -4.38. The maximum Gasteiger partial charge on any atom is 0.417 e. The Bertz CT molecular complexity index is 876. The molecule has 2 aromatic rings. The first-order chi connectivity index (χ1) is 13.8. The van der Waals surface area contributed by atoms with Crippen molar-refractivity contribution in [1.82, 2.24) is 9.88 Å². The lowest BCUT2D eigenvalue weighted by Gasteiger charge is -2.39. The molecule has 0 aliphatic carbocycles. The number of nitrogens with zero attached hydrogens (tertiary/aromatic N) is 4. The number of hydrogen-bond acceptors (Lipinski definition) is 4. The quantitative estimate of drug-likeness (QED) is 0.788. The fourth-order valence-electron chi connectivity index (χ4n) is 4.03. The molecule has 0 saturated carbocycles. The molecule has 1 amide bonds. The van der Waals surface area contributed by atoms with Crippen molar-refractivity contribution in [1.29, 1.82) is 0 Å². The van der Waals surface area contributed by atoms with E-state index in [4.69, 9.17) is 0 Å². The molecule has 1 fully saturated rings. The second-order valence-corrected chi connectivity index (χ2v) is 7.47. The molecule has 8 heteroatoms. The molecule has 154 valence electrons. The number of piperazine rings is 1. The van der Waals surface area contributed by atoms with Gasteiger partial charge in [0, 0.05) is 44.6 Å². The summed E-state index contributed by atoms with van der Waals surface area (Å²) in [5.41, 5.74) is 1.45. The van der Waals surface area contributed by atoms with E-state index in [1.165, 1.54) is 11.6 Å². The Morgan fingerprint density at radius 2 is 1.76 bits per heavy atom. The number of carbonyl (C=O) groups excluding carboxylic acids is 1. The van der Waals surface area contributed by atoms with Gasteiger partial charge in [-0.05, 0) is 37.1 Å². The van der Waals surface area contributed by atoms with E-state index < -0.39 is 11.7 Å². The number of rotatable bonds is 3. The van der Waals surface area contributed by atoms with Gasteiger partial charge in [0.1, 0.15) is 5.82 Å². The van der Waals surface area contributed by atoms with Gasteiger partial charge in [-0.15, -0.1) is 0 Å². The molecule has 1 atom stereocenters. The molecule has 1 aromatic heterocycles. The lowest BCUT2D eigenvalue weighted by Crippen LogP contribution is -2.54. The van der Waals surface area contributed by atoms with Crippen molar-refractivity contribution in [2.24, 2.45) is 0 Å².